The maximum absolute atomic E-state index is 11.1. The van der Waals surface area contributed by atoms with E-state index in [-0.39, 0.29) is 12.5 Å². The molecule has 104 valence electrons. The van der Waals surface area contributed by atoms with Gasteiger partial charge in [-0.3, -0.25) is 4.79 Å². The highest BCUT2D eigenvalue weighted by molar-refractivity contribution is 5.91. The molecule has 3 N–H and O–H groups in total. The van der Waals surface area contributed by atoms with E-state index in [1.54, 1.807) is 6.20 Å². The van der Waals surface area contributed by atoms with Gasteiger partial charge in [0.25, 0.3) is 0 Å². The number of anilines is 2. The van der Waals surface area contributed by atoms with E-state index in [0.29, 0.717) is 5.82 Å². The fraction of sp³-hybridized carbons (Fsp3) is 0.538. The van der Waals surface area contributed by atoms with Crippen LogP contribution in [0.3, 0.4) is 0 Å². The Hall–Kier alpha value is -1.66. The number of nitrogens with two attached hydrogens (primary N) is 1. The highest BCUT2D eigenvalue weighted by Gasteiger charge is 2.15. The van der Waals surface area contributed by atoms with Crippen molar-refractivity contribution in [2.75, 3.05) is 49.5 Å². The van der Waals surface area contributed by atoms with Gasteiger partial charge >= 0.3 is 0 Å². The molecule has 2 heterocycles. The van der Waals surface area contributed by atoms with Crippen LogP contribution in [-0.4, -0.2) is 55.1 Å². The topological polar surface area (TPSA) is 74.5 Å². The molecule has 1 amide bonds. The normalized spacial score (nSPS) is 16.4. The fourth-order valence-electron chi connectivity index (χ4n) is 2.16. The second kappa shape index (κ2) is 6.49. The number of carbonyl (C=O) groups is 1. The number of likely N-dealkylation sites (N-methyl/N-ethyl adjacent to an activating group) is 1. The van der Waals surface area contributed by atoms with Crippen molar-refractivity contribution in [1.82, 2.24) is 9.88 Å². The third-order valence-electron chi connectivity index (χ3n) is 3.39. The minimum absolute atomic E-state index is 0.0254. The van der Waals surface area contributed by atoms with Crippen LogP contribution in [0.4, 0.5) is 11.5 Å². The van der Waals surface area contributed by atoms with Crippen LogP contribution < -0.4 is 16.0 Å². The highest BCUT2D eigenvalue weighted by Crippen LogP contribution is 2.17. The molecule has 0 aliphatic carbocycles. The lowest BCUT2D eigenvalue weighted by Crippen LogP contribution is -2.46. The first kappa shape index (κ1) is 13.8. The minimum atomic E-state index is -0.225. The van der Waals surface area contributed by atoms with E-state index in [1.165, 1.54) is 0 Å². The second-order valence-corrected chi connectivity index (χ2v) is 4.58. The fourth-order valence-corrected chi connectivity index (χ4v) is 2.16. The number of amides is 1. The van der Waals surface area contributed by atoms with Crippen molar-refractivity contribution in [3.8, 4) is 0 Å². The number of carbonyl (C=O) groups excluding carboxylic acids is 1. The number of aromatic nitrogens is 1. The molecule has 1 aromatic heterocycles. The minimum Gasteiger partial charge on any atom is -0.368 e. The Labute approximate surface area is 113 Å². The molecule has 2 rings (SSSR count). The molecule has 1 saturated heterocycles. The molecule has 19 heavy (non-hydrogen) atoms. The van der Waals surface area contributed by atoms with Crippen molar-refractivity contribution in [3.05, 3.63) is 18.3 Å². The van der Waals surface area contributed by atoms with E-state index >= 15 is 0 Å². The number of hydrogen-bond donors (Lipinski definition) is 2. The predicted molar refractivity (Wildman–Crippen MR) is 76.2 cm³/mol. The molecule has 0 saturated carbocycles. The first-order valence-corrected chi connectivity index (χ1v) is 6.66. The first-order chi connectivity index (χ1) is 9.22. The SMILES string of the molecule is CCN1CCN(c2ccc(NC(=O)CN)nc2)CC1. The number of nitrogens with zero attached hydrogens (tertiary/aromatic N) is 3. The van der Waals surface area contributed by atoms with E-state index < -0.39 is 0 Å². The Bertz CT molecular complexity index is 412. The summed E-state index contributed by atoms with van der Waals surface area (Å²) >= 11 is 0. The zero-order valence-electron chi connectivity index (χ0n) is 11.3. The van der Waals surface area contributed by atoms with Crippen LogP contribution in [0.2, 0.25) is 0 Å². The lowest BCUT2D eigenvalue weighted by molar-refractivity contribution is -0.114. The molecule has 1 aromatic rings. The monoisotopic (exact) mass is 263 g/mol. The largest absolute Gasteiger partial charge is 0.368 e. The molecule has 1 aliphatic heterocycles. The number of hydrogen-bond acceptors (Lipinski definition) is 5. The average Bonchev–Trinajstić information content (AvgIpc) is 2.48. The highest BCUT2D eigenvalue weighted by atomic mass is 16.1. The van der Waals surface area contributed by atoms with Gasteiger partial charge in [-0.25, -0.2) is 4.98 Å². The third kappa shape index (κ3) is 3.65. The van der Waals surface area contributed by atoms with Crippen LogP contribution in [-0.2, 0) is 4.79 Å². The molecule has 1 aliphatic rings. The summed E-state index contributed by atoms with van der Waals surface area (Å²) in [6.07, 6.45) is 1.80. The Morgan fingerprint density at radius 3 is 2.63 bits per heavy atom. The smallest absolute Gasteiger partial charge is 0.239 e. The van der Waals surface area contributed by atoms with E-state index in [0.717, 1.165) is 38.4 Å². The van der Waals surface area contributed by atoms with Gasteiger partial charge in [-0.15, -0.1) is 0 Å². The molecule has 0 spiro atoms. The van der Waals surface area contributed by atoms with E-state index in [1.807, 2.05) is 12.1 Å². The Balaban J connectivity index is 1.93. The molecule has 6 heteroatoms. The van der Waals surface area contributed by atoms with E-state index in [4.69, 9.17) is 5.73 Å². The number of piperazine rings is 1. The van der Waals surface area contributed by atoms with Gasteiger partial charge in [-0.1, -0.05) is 6.92 Å². The summed E-state index contributed by atoms with van der Waals surface area (Å²) in [5, 5.41) is 2.64. The molecule has 0 unspecified atom stereocenters. The van der Waals surface area contributed by atoms with Gasteiger partial charge in [0.15, 0.2) is 0 Å². The lowest BCUT2D eigenvalue weighted by atomic mass is 10.2. The van der Waals surface area contributed by atoms with E-state index in [9.17, 15) is 4.79 Å². The van der Waals surface area contributed by atoms with Crippen molar-refractivity contribution >= 4 is 17.4 Å². The zero-order valence-corrected chi connectivity index (χ0v) is 11.3. The van der Waals surface area contributed by atoms with Crippen molar-refractivity contribution in [2.45, 2.75) is 6.92 Å². The van der Waals surface area contributed by atoms with Gasteiger partial charge in [0, 0.05) is 26.2 Å². The number of rotatable bonds is 4. The summed E-state index contributed by atoms with van der Waals surface area (Å²) in [5.41, 5.74) is 6.34. The average molecular weight is 263 g/mol. The lowest BCUT2D eigenvalue weighted by Gasteiger charge is -2.35. The van der Waals surface area contributed by atoms with Gasteiger partial charge in [-0.2, -0.15) is 0 Å². The first-order valence-electron chi connectivity index (χ1n) is 6.66. The van der Waals surface area contributed by atoms with Gasteiger partial charge in [-0.05, 0) is 18.7 Å². The van der Waals surface area contributed by atoms with Crippen LogP contribution in [0.1, 0.15) is 6.92 Å². The third-order valence-corrected chi connectivity index (χ3v) is 3.39. The Morgan fingerprint density at radius 2 is 2.11 bits per heavy atom. The summed E-state index contributed by atoms with van der Waals surface area (Å²) in [6, 6.07) is 3.80. The Morgan fingerprint density at radius 1 is 1.37 bits per heavy atom. The van der Waals surface area contributed by atoms with Crippen molar-refractivity contribution in [2.24, 2.45) is 5.73 Å². The van der Waals surface area contributed by atoms with Crippen LogP contribution in [0, 0.1) is 0 Å². The summed E-state index contributed by atoms with van der Waals surface area (Å²) in [7, 11) is 0. The van der Waals surface area contributed by atoms with Gasteiger partial charge in [0.05, 0.1) is 18.4 Å². The van der Waals surface area contributed by atoms with Crippen LogP contribution >= 0.6 is 0 Å². The Kier molecular flexibility index (Phi) is 4.70. The molecule has 0 atom stereocenters. The quantitative estimate of drug-likeness (QED) is 0.807. The number of nitrogens with one attached hydrogen (secondary N) is 1. The summed E-state index contributed by atoms with van der Waals surface area (Å²) in [4.78, 5) is 20.1. The molecule has 0 radical (unpaired) electrons. The maximum Gasteiger partial charge on any atom is 0.239 e. The van der Waals surface area contributed by atoms with Crippen LogP contribution in [0.25, 0.3) is 0 Å². The molecule has 0 bridgehead atoms. The van der Waals surface area contributed by atoms with Crippen molar-refractivity contribution in [3.63, 3.8) is 0 Å². The molecular weight excluding hydrogens is 242 g/mol. The van der Waals surface area contributed by atoms with Gasteiger partial charge in [0.2, 0.25) is 5.91 Å². The van der Waals surface area contributed by atoms with Gasteiger partial charge < -0.3 is 20.9 Å². The second-order valence-electron chi connectivity index (χ2n) is 4.58. The standard InChI is InChI=1S/C13H21N5O/c1-2-17-5-7-18(8-6-17)11-3-4-12(15-10-11)16-13(19)9-14/h3-4,10H,2,5-9,14H2,1H3,(H,15,16,19). The molecule has 0 aromatic carbocycles. The predicted octanol–water partition coefficient (Wildman–Crippen LogP) is 0.121. The molecule has 6 nitrogen and oxygen atoms in total. The summed E-state index contributed by atoms with van der Waals surface area (Å²) < 4.78 is 0. The van der Waals surface area contributed by atoms with Crippen molar-refractivity contribution in [1.29, 1.82) is 0 Å². The number of pyridine rings is 1. The van der Waals surface area contributed by atoms with Crippen LogP contribution in [0.15, 0.2) is 18.3 Å². The molecule has 1 fully saturated rings. The molecular formula is C13H21N5O. The summed E-state index contributed by atoms with van der Waals surface area (Å²) in [5.74, 6) is 0.322. The summed E-state index contributed by atoms with van der Waals surface area (Å²) in [6.45, 7) is 7.48. The van der Waals surface area contributed by atoms with Crippen molar-refractivity contribution < 1.29 is 4.79 Å². The zero-order chi connectivity index (χ0) is 13.7. The van der Waals surface area contributed by atoms with E-state index in [2.05, 4.69) is 27.0 Å². The van der Waals surface area contributed by atoms with Crippen LogP contribution in [0.5, 0.6) is 0 Å². The van der Waals surface area contributed by atoms with Gasteiger partial charge in [0.1, 0.15) is 5.82 Å². The maximum atomic E-state index is 11.1.